The molecule has 1 N–H and O–H groups in total. The van der Waals surface area contributed by atoms with Crippen LogP contribution in [0.4, 0.5) is 5.69 Å². The van der Waals surface area contributed by atoms with Gasteiger partial charge in [-0.05, 0) is 48.9 Å². The summed E-state index contributed by atoms with van der Waals surface area (Å²) in [5.41, 5.74) is 4.55. The lowest BCUT2D eigenvalue weighted by molar-refractivity contribution is -0.118. The monoisotopic (exact) mass is 425 g/mol. The molecule has 0 radical (unpaired) electrons. The first-order valence-electron chi connectivity index (χ1n) is 8.92. The number of amides is 1. The second-order valence-corrected chi connectivity index (χ2v) is 7.38. The van der Waals surface area contributed by atoms with Gasteiger partial charge in [0.05, 0.1) is 10.7 Å². The maximum absolute atomic E-state index is 12.2. The van der Waals surface area contributed by atoms with Crippen LogP contribution >= 0.6 is 23.2 Å². The molecule has 4 rings (SSSR count). The highest BCUT2D eigenvalue weighted by atomic mass is 35.5. The van der Waals surface area contributed by atoms with Crippen molar-refractivity contribution in [1.82, 2.24) is 9.38 Å². The van der Waals surface area contributed by atoms with E-state index in [2.05, 4.69) is 10.3 Å². The molecule has 7 heteroatoms. The van der Waals surface area contributed by atoms with Crippen molar-refractivity contribution in [2.24, 2.45) is 0 Å². The molecule has 0 aliphatic heterocycles. The Bertz CT molecular complexity index is 1190. The summed E-state index contributed by atoms with van der Waals surface area (Å²) in [6.45, 7) is 1.87. The van der Waals surface area contributed by atoms with Crippen LogP contribution in [0.15, 0.2) is 67.0 Å². The van der Waals surface area contributed by atoms with E-state index in [-0.39, 0.29) is 12.5 Å². The molecule has 29 heavy (non-hydrogen) atoms. The summed E-state index contributed by atoms with van der Waals surface area (Å²) < 4.78 is 7.45. The molecule has 0 bridgehead atoms. The van der Waals surface area contributed by atoms with Gasteiger partial charge in [0.1, 0.15) is 11.4 Å². The Kier molecular flexibility index (Phi) is 5.43. The largest absolute Gasteiger partial charge is 0.482 e. The van der Waals surface area contributed by atoms with Gasteiger partial charge in [0.2, 0.25) is 0 Å². The smallest absolute Gasteiger partial charge is 0.262 e. The first-order valence-corrected chi connectivity index (χ1v) is 9.68. The fourth-order valence-electron chi connectivity index (χ4n) is 2.95. The highest BCUT2D eigenvalue weighted by Gasteiger charge is 2.09. The highest BCUT2D eigenvalue weighted by Crippen LogP contribution is 2.27. The van der Waals surface area contributed by atoms with Gasteiger partial charge < -0.3 is 14.5 Å². The van der Waals surface area contributed by atoms with Crippen molar-refractivity contribution in [3.63, 3.8) is 0 Å². The third-order valence-corrected chi connectivity index (χ3v) is 4.93. The lowest BCUT2D eigenvalue weighted by Gasteiger charge is -2.09. The van der Waals surface area contributed by atoms with Crippen molar-refractivity contribution >= 4 is 40.4 Å². The molecule has 0 spiro atoms. The van der Waals surface area contributed by atoms with E-state index >= 15 is 0 Å². The molecule has 5 nitrogen and oxygen atoms in total. The van der Waals surface area contributed by atoms with Crippen molar-refractivity contribution in [1.29, 1.82) is 0 Å². The van der Waals surface area contributed by atoms with Crippen LogP contribution in [0.25, 0.3) is 16.9 Å². The minimum atomic E-state index is -0.285. The number of nitrogens with one attached hydrogen (secondary N) is 1. The molecule has 1 amide bonds. The number of hydrogen-bond donors (Lipinski definition) is 1. The van der Waals surface area contributed by atoms with Crippen LogP contribution in [-0.2, 0) is 4.79 Å². The summed E-state index contributed by atoms with van der Waals surface area (Å²) in [7, 11) is 0. The lowest BCUT2D eigenvalue weighted by atomic mass is 10.1. The molecule has 4 aromatic rings. The van der Waals surface area contributed by atoms with Crippen molar-refractivity contribution < 1.29 is 9.53 Å². The van der Waals surface area contributed by atoms with E-state index in [0.29, 0.717) is 21.5 Å². The summed E-state index contributed by atoms with van der Waals surface area (Å²) in [6.07, 6.45) is 3.96. The number of anilines is 1. The number of aromatic nitrogens is 2. The van der Waals surface area contributed by atoms with Crippen LogP contribution in [0.2, 0.25) is 10.0 Å². The molecular formula is C22H17Cl2N3O2. The van der Waals surface area contributed by atoms with E-state index in [1.165, 1.54) is 0 Å². The number of fused-ring (bicyclic) bond motifs is 1. The molecule has 2 aromatic carbocycles. The average Bonchev–Trinajstić information content (AvgIpc) is 3.14. The predicted molar refractivity (Wildman–Crippen MR) is 116 cm³/mol. The maximum atomic E-state index is 12.2. The molecule has 0 unspecified atom stereocenters. The fraction of sp³-hybridized carbons (Fsp3) is 0.0909. The topological polar surface area (TPSA) is 55.6 Å². The minimum Gasteiger partial charge on any atom is -0.482 e. The number of carbonyl (C=O) groups is 1. The van der Waals surface area contributed by atoms with E-state index in [1.54, 1.807) is 18.2 Å². The summed E-state index contributed by atoms with van der Waals surface area (Å²) in [5, 5.41) is 3.66. The highest BCUT2D eigenvalue weighted by molar-refractivity contribution is 6.35. The molecule has 0 fully saturated rings. The second-order valence-electron chi connectivity index (χ2n) is 6.54. The van der Waals surface area contributed by atoms with Crippen molar-refractivity contribution in [2.75, 3.05) is 11.9 Å². The number of pyridine rings is 1. The van der Waals surface area contributed by atoms with Gasteiger partial charge in [-0.15, -0.1) is 0 Å². The number of rotatable bonds is 5. The summed E-state index contributed by atoms with van der Waals surface area (Å²) in [4.78, 5) is 16.8. The van der Waals surface area contributed by atoms with Crippen LogP contribution in [0.1, 0.15) is 5.56 Å². The van der Waals surface area contributed by atoms with Gasteiger partial charge in [0, 0.05) is 28.7 Å². The van der Waals surface area contributed by atoms with Crippen LogP contribution in [0.5, 0.6) is 5.75 Å². The normalized spacial score (nSPS) is 10.9. The molecule has 146 valence electrons. The number of carbonyl (C=O) groups excluding carboxylic acids is 1. The summed E-state index contributed by atoms with van der Waals surface area (Å²) in [6, 6.07) is 16.4. The van der Waals surface area contributed by atoms with Gasteiger partial charge in [0.25, 0.3) is 5.91 Å². The zero-order valence-corrected chi connectivity index (χ0v) is 17.0. The Labute approximate surface area is 177 Å². The number of hydrogen-bond acceptors (Lipinski definition) is 3. The molecule has 0 atom stereocenters. The van der Waals surface area contributed by atoms with Crippen molar-refractivity contribution in [3.8, 4) is 17.0 Å². The molecular weight excluding hydrogens is 409 g/mol. The Hall–Kier alpha value is -3.02. The molecule has 0 saturated heterocycles. The summed E-state index contributed by atoms with van der Waals surface area (Å²) >= 11 is 11.9. The van der Waals surface area contributed by atoms with E-state index in [9.17, 15) is 4.79 Å². The van der Waals surface area contributed by atoms with Crippen molar-refractivity contribution in [3.05, 3.63) is 82.6 Å². The molecule has 0 saturated carbocycles. The maximum Gasteiger partial charge on any atom is 0.262 e. The fourth-order valence-corrected chi connectivity index (χ4v) is 3.41. The standard InChI is InChI=1S/C22H17Cl2N3O2/c1-14-3-2-10-27-12-19(26-22(14)27)15-4-7-17(8-5-15)25-21(28)13-29-20-9-6-16(23)11-18(20)24/h2-12H,13H2,1H3,(H,25,28). The number of aryl methyl sites for hydroxylation is 1. The molecule has 2 aromatic heterocycles. The molecule has 0 aliphatic carbocycles. The average molecular weight is 426 g/mol. The van der Waals surface area contributed by atoms with Crippen LogP contribution < -0.4 is 10.1 Å². The number of benzene rings is 2. The van der Waals surface area contributed by atoms with Gasteiger partial charge in [-0.2, -0.15) is 0 Å². The number of nitrogens with zero attached hydrogens (tertiary/aromatic N) is 2. The van der Waals surface area contributed by atoms with Crippen LogP contribution in [-0.4, -0.2) is 21.9 Å². The van der Waals surface area contributed by atoms with Gasteiger partial charge in [0.15, 0.2) is 6.61 Å². The van der Waals surface area contributed by atoms with Gasteiger partial charge in [-0.1, -0.05) is 41.4 Å². The molecule has 0 aliphatic rings. The van der Waals surface area contributed by atoms with E-state index in [0.717, 1.165) is 22.5 Å². The quantitative estimate of drug-likeness (QED) is 0.450. The minimum absolute atomic E-state index is 0.158. The van der Waals surface area contributed by atoms with Gasteiger partial charge in [-0.3, -0.25) is 4.79 Å². The van der Waals surface area contributed by atoms with Gasteiger partial charge >= 0.3 is 0 Å². The Morgan fingerprint density at radius 1 is 1.14 bits per heavy atom. The van der Waals surface area contributed by atoms with Crippen LogP contribution in [0, 0.1) is 6.92 Å². The third kappa shape index (κ3) is 4.36. The SMILES string of the molecule is Cc1cccn2cc(-c3ccc(NC(=O)COc4ccc(Cl)cc4Cl)cc3)nc12. The van der Waals surface area contributed by atoms with Crippen molar-refractivity contribution in [2.45, 2.75) is 6.92 Å². The Balaban J connectivity index is 1.41. The number of ether oxygens (including phenoxy) is 1. The third-order valence-electron chi connectivity index (χ3n) is 4.40. The Morgan fingerprint density at radius 3 is 2.66 bits per heavy atom. The van der Waals surface area contributed by atoms with Crippen LogP contribution in [0.3, 0.4) is 0 Å². The van der Waals surface area contributed by atoms with E-state index in [1.807, 2.05) is 60.1 Å². The lowest BCUT2D eigenvalue weighted by Crippen LogP contribution is -2.20. The summed E-state index contributed by atoms with van der Waals surface area (Å²) in [5.74, 6) is 0.121. The zero-order chi connectivity index (χ0) is 20.4. The molecule has 2 heterocycles. The van der Waals surface area contributed by atoms with E-state index in [4.69, 9.17) is 27.9 Å². The first kappa shape index (κ1) is 19.3. The first-order chi connectivity index (χ1) is 14.0. The van der Waals surface area contributed by atoms with E-state index < -0.39 is 0 Å². The number of halogens is 2. The second kappa shape index (κ2) is 8.15. The Morgan fingerprint density at radius 2 is 1.93 bits per heavy atom. The number of imidazole rings is 1. The predicted octanol–water partition coefficient (Wildman–Crippen LogP) is 5.63. The van der Waals surface area contributed by atoms with Gasteiger partial charge in [-0.25, -0.2) is 4.98 Å². The zero-order valence-electron chi connectivity index (χ0n) is 15.5.